The molecule has 1 unspecified atom stereocenters. The van der Waals surface area contributed by atoms with E-state index < -0.39 is 29.7 Å². The molecular weight excluding hydrogens is 348 g/mol. The second-order valence-corrected chi connectivity index (χ2v) is 6.71. The van der Waals surface area contributed by atoms with Crippen LogP contribution in [0.25, 0.3) is 0 Å². The lowest BCUT2D eigenvalue weighted by molar-refractivity contribution is -0.136. The number of imide groups is 2. The third-order valence-electron chi connectivity index (χ3n) is 4.78. The lowest BCUT2D eigenvalue weighted by Gasteiger charge is -2.27. The first-order valence-electron chi connectivity index (χ1n) is 8.84. The molecule has 0 aliphatic carbocycles. The van der Waals surface area contributed by atoms with Gasteiger partial charge in [0.05, 0.1) is 11.1 Å². The van der Waals surface area contributed by atoms with E-state index >= 15 is 0 Å². The molecule has 3 rings (SSSR count). The predicted molar refractivity (Wildman–Crippen MR) is 97.6 cm³/mol. The van der Waals surface area contributed by atoms with E-state index in [1.54, 1.807) is 18.2 Å². The summed E-state index contributed by atoms with van der Waals surface area (Å²) in [6, 6.07) is 4.12. The fraction of sp³-hybridized carbons (Fsp3) is 0.368. The van der Waals surface area contributed by atoms with Gasteiger partial charge in [0, 0.05) is 19.5 Å². The predicted octanol–water partition coefficient (Wildman–Crippen LogP) is 0.0824. The standard InChI is InChI=1S/C19H22N4O4/c1-11(9-20)6-7-21-10-12-2-3-13-14(8-12)19(27)23(18(13)26)15-4-5-16(24)22-17(15)25/h2-3,8,15,21H,1,4-7,9-10,20H2,(H,22,24,25). The lowest BCUT2D eigenvalue weighted by atomic mass is 10.0. The molecule has 0 bridgehead atoms. The van der Waals surface area contributed by atoms with Crippen LogP contribution >= 0.6 is 0 Å². The summed E-state index contributed by atoms with van der Waals surface area (Å²) in [7, 11) is 0. The number of amides is 4. The zero-order chi connectivity index (χ0) is 19.6. The van der Waals surface area contributed by atoms with Gasteiger partial charge in [0.15, 0.2) is 0 Å². The molecule has 4 amide bonds. The zero-order valence-electron chi connectivity index (χ0n) is 14.9. The van der Waals surface area contributed by atoms with Crippen LogP contribution in [0.15, 0.2) is 30.4 Å². The van der Waals surface area contributed by atoms with Crippen molar-refractivity contribution in [3.8, 4) is 0 Å². The van der Waals surface area contributed by atoms with Crippen molar-refractivity contribution in [2.45, 2.75) is 31.8 Å². The van der Waals surface area contributed by atoms with Crippen molar-refractivity contribution in [3.63, 3.8) is 0 Å². The minimum atomic E-state index is -0.945. The minimum Gasteiger partial charge on any atom is -0.327 e. The van der Waals surface area contributed by atoms with E-state index in [2.05, 4.69) is 17.2 Å². The number of hydrogen-bond acceptors (Lipinski definition) is 6. The van der Waals surface area contributed by atoms with Gasteiger partial charge in [-0.2, -0.15) is 0 Å². The average molecular weight is 370 g/mol. The summed E-state index contributed by atoms with van der Waals surface area (Å²) in [5.74, 6) is -1.99. The van der Waals surface area contributed by atoms with Crippen molar-refractivity contribution in [2.75, 3.05) is 13.1 Å². The van der Waals surface area contributed by atoms with Gasteiger partial charge in [0.1, 0.15) is 6.04 Å². The van der Waals surface area contributed by atoms with Crippen molar-refractivity contribution in [2.24, 2.45) is 5.73 Å². The molecule has 1 fully saturated rings. The SMILES string of the molecule is C=C(CN)CCNCc1ccc2c(c1)C(=O)N(C1CCC(=O)NC1=O)C2=O. The maximum absolute atomic E-state index is 12.7. The van der Waals surface area contributed by atoms with Gasteiger partial charge in [-0.15, -0.1) is 0 Å². The number of nitrogens with one attached hydrogen (secondary N) is 2. The van der Waals surface area contributed by atoms with Crippen LogP contribution in [-0.4, -0.2) is 47.7 Å². The molecule has 2 heterocycles. The Morgan fingerprint density at radius 1 is 1.22 bits per heavy atom. The van der Waals surface area contributed by atoms with E-state index in [1.165, 1.54) is 0 Å². The van der Waals surface area contributed by atoms with Crippen molar-refractivity contribution >= 4 is 23.6 Å². The molecule has 8 heteroatoms. The maximum atomic E-state index is 12.7. The summed E-state index contributed by atoms with van der Waals surface area (Å²) in [5.41, 5.74) is 7.88. The highest BCUT2D eigenvalue weighted by molar-refractivity contribution is 6.23. The molecule has 0 aromatic heterocycles. The highest BCUT2D eigenvalue weighted by atomic mass is 16.2. The minimum absolute atomic E-state index is 0.104. The van der Waals surface area contributed by atoms with Crippen LogP contribution in [0.4, 0.5) is 0 Å². The van der Waals surface area contributed by atoms with E-state index in [1.807, 2.05) is 0 Å². The molecule has 0 radical (unpaired) electrons. The van der Waals surface area contributed by atoms with Gasteiger partial charge in [-0.05, 0) is 37.1 Å². The van der Waals surface area contributed by atoms with Gasteiger partial charge in [0.2, 0.25) is 11.8 Å². The Morgan fingerprint density at radius 2 is 1.96 bits per heavy atom. The van der Waals surface area contributed by atoms with Crippen LogP contribution < -0.4 is 16.4 Å². The molecule has 1 saturated heterocycles. The third kappa shape index (κ3) is 3.81. The fourth-order valence-electron chi connectivity index (χ4n) is 3.23. The molecular formula is C19H22N4O4. The monoisotopic (exact) mass is 370 g/mol. The molecule has 1 aromatic carbocycles. The van der Waals surface area contributed by atoms with E-state index in [4.69, 9.17) is 5.73 Å². The summed E-state index contributed by atoms with van der Waals surface area (Å²) in [6.45, 7) is 5.54. The average Bonchev–Trinajstić information content (AvgIpc) is 2.89. The van der Waals surface area contributed by atoms with E-state index in [0.717, 1.165) is 22.5 Å². The topological polar surface area (TPSA) is 122 Å². The Labute approximate surface area is 156 Å². The Balaban J connectivity index is 1.70. The van der Waals surface area contributed by atoms with Gasteiger partial charge in [-0.3, -0.25) is 29.4 Å². The van der Waals surface area contributed by atoms with Crippen LogP contribution in [0.3, 0.4) is 0 Å². The third-order valence-corrected chi connectivity index (χ3v) is 4.78. The van der Waals surface area contributed by atoms with E-state index in [-0.39, 0.29) is 24.0 Å². The van der Waals surface area contributed by atoms with Gasteiger partial charge in [-0.1, -0.05) is 18.2 Å². The number of nitrogens with two attached hydrogens (primary N) is 1. The van der Waals surface area contributed by atoms with Crippen molar-refractivity contribution in [1.82, 2.24) is 15.5 Å². The highest BCUT2D eigenvalue weighted by Gasteiger charge is 2.44. The molecule has 0 spiro atoms. The zero-order valence-corrected chi connectivity index (χ0v) is 14.9. The number of carbonyl (C=O) groups excluding carboxylic acids is 4. The van der Waals surface area contributed by atoms with Gasteiger partial charge in [0.25, 0.3) is 11.8 Å². The molecule has 1 atom stereocenters. The Hall–Kier alpha value is -2.84. The second-order valence-electron chi connectivity index (χ2n) is 6.71. The summed E-state index contributed by atoms with van der Waals surface area (Å²) in [5, 5.41) is 5.43. The normalized spacial score (nSPS) is 19.3. The number of piperidine rings is 1. The summed E-state index contributed by atoms with van der Waals surface area (Å²) >= 11 is 0. The van der Waals surface area contributed by atoms with Crippen molar-refractivity contribution in [3.05, 3.63) is 47.0 Å². The molecule has 0 saturated carbocycles. The first kappa shape index (κ1) is 18.9. The number of rotatable bonds is 7. The lowest BCUT2D eigenvalue weighted by Crippen LogP contribution is -2.54. The first-order chi connectivity index (χ1) is 12.9. The molecule has 8 nitrogen and oxygen atoms in total. The number of hydrogen-bond donors (Lipinski definition) is 3. The second kappa shape index (κ2) is 7.81. The van der Waals surface area contributed by atoms with Crippen LogP contribution in [-0.2, 0) is 16.1 Å². The number of benzene rings is 1. The Kier molecular flexibility index (Phi) is 5.48. The molecule has 1 aromatic rings. The Morgan fingerprint density at radius 3 is 2.67 bits per heavy atom. The van der Waals surface area contributed by atoms with E-state index in [0.29, 0.717) is 19.6 Å². The fourth-order valence-corrected chi connectivity index (χ4v) is 3.23. The van der Waals surface area contributed by atoms with E-state index in [9.17, 15) is 19.2 Å². The quantitative estimate of drug-likeness (QED) is 0.355. The molecule has 2 aliphatic heterocycles. The Bertz CT molecular complexity index is 833. The smallest absolute Gasteiger partial charge is 0.262 e. The van der Waals surface area contributed by atoms with Crippen LogP contribution in [0.2, 0.25) is 0 Å². The summed E-state index contributed by atoms with van der Waals surface area (Å²) in [6.07, 6.45) is 1.02. The van der Waals surface area contributed by atoms with Gasteiger partial charge in [-0.25, -0.2) is 0 Å². The number of carbonyl (C=O) groups is 4. The first-order valence-corrected chi connectivity index (χ1v) is 8.84. The maximum Gasteiger partial charge on any atom is 0.262 e. The number of nitrogens with zero attached hydrogens (tertiary/aromatic N) is 1. The molecule has 142 valence electrons. The summed E-state index contributed by atoms with van der Waals surface area (Å²) < 4.78 is 0. The van der Waals surface area contributed by atoms with Gasteiger partial charge < -0.3 is 11.1 Å². The number of fused-ring (bicyclic) bond motifs is 1. The van der Waals surface area contributed by atoms with Crippen molar-refractivity contribution < 1.29 is 19.2 Å². The summed E-state index contributed by atoms with van der Waals surface area (Å²) in [4.78, 5) is 49.7. The van der Waals surface area contributed by atoms with Crippen LogP contribution in [0, 0.1) is 0 Å². The molecule has 2 aliphatic rings. The van der Waals surface area contributed by atoms with Crippen LogP contribution in [0.1, 0.15) is 45.5 Å². The highest BCUT2D eigenvalue weighted by Crippen LogP contribution is 2.28. The molecule has 4 N–H and O–H groups in total. The van der Waals surface area contributed by atoms with Crippen molar-refractivity contribution in [1.29, 1.82) is 0 Å². The largest absolute Gasteiger partial charge is 0.327 e. The molecule has 27 heavy (non-hydrogen) atoms. The van der Waals surface area contributed by atoms with Gasteiger partial charge >= 0.3 is 0 Å². The van der Waals surface area contributed by atoms with Crippen LogP contribution in [0.5, 0.6) is 0 Å².